The zero-order valence-corrected chi connectivity index (χ0v) is 11.1. The van der Waals surface area contributed by atoms with E-state index in [1.54, 1.807) is 42.3 Å². The second-order valence-electron chi connectivity index (χ2n) is 4.15. The molecule has 5 nitrogen and oxygen atoms in total. The van der Waals surface area contributed by atoms with Gasteiger partial charge in [-0.15, -0.1) is 0 Å². The number of hydrogen-bond donors (Lipinski definition) is 2. The summed E-state index contributed by atoms with van der Waals surface area (Å²) in [7, 11) is 1.79. The maximum Gasteiger partial charge on any atom is 0.101 e. The third-order valence-electron chi connectivity index (χ3n) is 2.70. The van der Waals surface area contributed by atoms with Gasteiger partial charge in [-0.3, -0.25) is 4.68 Å². The van der Waals surface area contributed by atoms with Gasteiger partial charge in [0.1, 0.15) is 6.07 Å². The molecule has 2 aromatic rings. The highest BCUT2D eigenvalue weighted by Crippen LogP contribution is 2.21. The molecule has 0 aliphatic heterocycles. The first-order valence-electron chi connectivity index (χ1n) is 5.70. The molecule has 6 heteroatoms. The number of nitrogens with one attached hydrogen (secondary N) is 1. The quantitative estimate of drug-likeness (QED) is 0.897. The SMILES string of the molecule is Cn1cc(C(O)CNc2ccc(Cl)cc2C#N)cn1. The van der Waals surface area contributed by atoms with Crippen LogP contribution in [-0.2, 0) is 7.05 Å². The van der Waals surface area contributed by atoms with Crippen molar-refractivity contribution >= 4 is 17.3 Å². The highest BCUT2D eigenvalue weighted by molar-refractivity contribution is 6.30. The Balaban J connectivity index is 2.05. The fourth-order valence-corrected chi connectivity index (χ4v) is 1.87. The highest BCUT2D eigenvalue weighted by atomic mass is 35.5. The van der Waals surface area contributed by atoms with E-state index in [4.69, 9.17) is 16.9 Å². The molecular formula is C13H13ClN4O. The Morgan fingerprint density at radius 2 is 2.37 bits per heavy atom. The zero-order chi connectivity index (χ0) is 13.8. The summed E-state index contributed by atoms with van der Waals surface area (Å²) in [6.07, 6.45) is 2.68. The topological polar surface area (TPSA) is 73.9 Å². The number of aliphatic hydroxyl groups excluding tert-OH is 1. The lowest BCUT2D eigenvalue weighted by Crippen LogP contribution is -2.12. The van der Waals surface area contributed by atoms with E-state index in [0.29, 0.717) is 22.8 Å². The first-order valence-corrected chi connectivity index (χ1v) is 6.08. The molecule has 0 aliphatic rings. The minimum atomic E-state index is -0.684. The molecule has 1 aromatic heterocycles. The van der Waals surface area contributed by atoms with E-state index >= 15 is 0 Å². The molecular weight excluding hydrogens is 264 g/mol. The summed E-state index contributed by atoms with van der Waals surface area (Å²) in [5.74, 6) is 0. The van der Waals surface area contributed by atoms with E-state index in [9.17, 15) is 5.11 Å². The van der Waals surface area contributed by atoms with Crippen LogP contribution >= 0.6 is 11.6 Å². The number of aliphatic hydroxyl groups is 1. The molecule has 0 saturated heterocycles. The van der Waals surface area contributed by atoms with Gasteiger partial charge in [0.15, 0.2) is 0 Å². The summed E-state index contributed by atoms with van der Waals surface area (Å²) in [6, 6.07) is 7.06. The van der Waals surface area contributed by atoms with E-state index in [2.05, 4.69) is 16.5 Å². The number of benzene rings is 1. The molecule has 0 radical (unpaired) electrons. The Morgan fingerprint density at radius 3 is 3.00 bits per heavy atom. The molecule has 2 N–H and O–H groups in total. The second-order valence-corrected chi connectivity index (χ2v) is 4.58. The van der Waals surface area contributed by atoms with Gasteiger partial charge in [0, 0.05) is 30.4 Å². The van der Waals surface area contributed by atoms with Crippen LogP contribution in [0, 0.1) is 11.3 Å². The monoisotopic (exact) mass is 276 g/mol. The van der Waals surface area contributed by atoms with E-state index in [0.717, 1.165) is 5.56 Å². The number of hydrogen-bond acceptors (Lipinski definition) is 4. The lowest BCUT2D eigenvalue weighted by molar-refractivity contribution is 0.191. The third kappa shape index (κ3) is 3.25. The van der Waals surface area contributed by atoms with Crippen LogP contribution in [0.1, 0.15) is 17.2 Å². The van der Waals surface area contributed by atoms with Crippen LogP contribution in [0.15, 0.2) is 30.6 Å². The molecule has 98 valence electrons. The van der Waals surface area contributed by atoms with Gasteiger partial charge >= 0.3 is 0 Å². The molecule has 19 heavy (non-hydrogen) atoms. The van der Waals surface area contributed by atoms with Gasteiger partial charge < -0.3 is 10.4 Å². The van der Waals surface area contributed by atoms with Gasteiger partial charge in [-0.1, -0.05) is 11.6 Å². The van der Waals surface area contributed by atoms with Crippen LogP contribution in [-0.4, -0.2) is 21.4 Å². The van der Waals surface area contributed by atoms with Crippen molar-refractivity contribution in [2.75, 3.05) is 11.9 Å². The van der Waals surface area contributed by atoms with Crippen LogP contribution in [0.4, 0.5) is 5.69 Å². The van der Waals surface area contributed by atoms with Gasteiger partial charge in [-0.2, -0.15) is 10.4 Å². The van der Waals surface area contributed by atoms with E-state index in [1.807, 2.05) is 0 Å². The van der Waals surface area contributed by atoms with Gasteiger partial charge in [-0.05, 0) is 18.2 Å². The molecule has 1 unspecified atom stereocenters. The van der Waals surface area contributed by atoms with Gasteiger partial charge in [0.2, 0.25) is 0 Å². The number of anilines is 1. The summed E-state index contributed by atoms with van der Waals surface area (Å²) in [5.41, 5.74) is 1.82. The number of rotatable bonds is 4. The predicted molar refractivity (Wildman–Crippen MR) is 72.8 cm³/mol. The zero-order valence-electron chi connectivity index (χ0n) is 10.3. The molecule has 0 bridgehead atoms. The number of aromatic nitrogens is 2. The lowest BCUT2D eigenvalue weighted by Gasteiger charge is -2.12. The Morgan fingerprint density at radius 1 is 1.58 bits per heavy atom. The van der Waals surface area contributed by atoms with Gasteiger partial charge in [-0.25, -0.2) is 0 Å². The van der Waals surface area contributed by atoms with Gasteiger partial charge in [0.25, 0.3) is 0 Å². The maximum atomic E-state index is 9.99. The molecule has 0 fully saturated rings. The fourth-order valence-electron chi connectivity index (χ4n) is 1.70. The first kappa shape index (κ1) is 13.4. The van der Waals surface area contributed by atoms with E-state index < -0.39 is 6.10 Å². The van der Waals surface area contributed by atoms with Crippen LogP contribution in [0.2, 0.25) is 5.02 Å². The largest absolute Gasteiger partial charge is 0.386 e. The second kappa shape index (κ2) is 5.74. The summed E-state index contributed by atoms with van der Waals surface area (Å²) in [5, 5.41) is 26.5. The van der Waals surface area contributed by atoms with Crippen molar-refractivity contribution in [2.24, 2.45) is 7.05 Å². The van der Waals surface area contributed by atoms with Crippen molar-refractivity contribution in [1.82, 2.24) is 9.78 Å². The highest BCUT2D eigenvalue weighted by Gasteiger charge is 2.10. The van der Waals surface area contributed by atoms with Crippen LogP contribution < -0.4 is 5.32 Å². The molecule has 0 spiro atoms. The van der Waals surface area contributed by atoms with Crippen molar-refractivity contribution in [2.45, 2.75) is 6.10 Å². The molecule has 1 atom stereocenters. The summed E-state index contributed by atoms with van der Waals surface area (Å²) in [6.45, 7) is 0.294. The minimum absolute atomic E-state index is 0.294. The average Bonchev–Trinajstić information content (AvgIpc) is 2.83. The Labute approximate surface area is 116 Å². The van der Waals surface area contributed by atoms with Crippen LogP contribution in [0.5, 0.6) is 0 Å². The Hall–Kier alpha value is -2.03. The molecule has 0 aliphatic carbocycles. The average molecular weight is 277 g/mol. The minimum Gasteiger partial charge on any atom is -0.386 e. The molecule has 0 saturated carbocycles. The lowest BCUT2D eigenvalue weighted by atomic mass is 10.1. The molecule has 1 aromatic carbocycles. The van der Waals surface area contributed by atoms with Crippen LogP contribution in [0.3, 0.4) is 0 Å². The number of nitriles is 1. The number of aryl methyl sites for hydroxylation is 1. The van der Waals surface area contributed by atoms with Gasteiger partial charge in [0.05, 0.1) is 23.6 Å². The third-order valence-corrected chi connectivity index (χ3v) is 2.93. The maximum absolute atomic E-state index is 9.99. The number of halogens is 1. The molecule has 1 heterocycles. The summed E-state index contributed by atoms with van der Waals surface area (Å²) in [4.78, 5) is 0. The van der Waals surface area contributed by atoms with Crippen molar-refractivity contribution in [3.8, 4) is 6.07 Å². The van der Waals surface area contributed by atoms with Crippen molar-refractivity contribution in [3.05, 3.63) is 46.7 Å². The molecule has 2 rings (SSSR count). The van der Waals surface area contributed by atoms with E-state index in [-0.39, 0.29) is 0 Å². The standard InChI is InChI=1S/C13H13ClN4O/c1-18-8-10(6-17-18)13(19)7-16-12-3-2-11(14)4-9(12)5-15/h2-4,6,8,13,16,19H,7H2,1H3. The summed E-state index contributed by atoms with van der Waals surface area (Å²) >= 11 is 5.82. The van der Waals surface area contributed by atoms with E-state index in [1.165, 1.54) is 0 Å². The van der Waals surface area contributed by atoms with Crippen LogP contribution in [0.25, 0.3) is 0 Å². The number of nitrogens with zero attached hydrogens (tertiary/aromatic N) is 3. The first-order chi connectivity index (χ1) is 9.10. The smallest absolute Gasteiger partial charge is 0.101 e. The Bertz CT molecular complexity index is 617. The summed E-state index contributed by atoms with van der Waals surface area (Å²) < 4.78 is 1.63. The Kier molecular flexibility index (Phi) is 4.05. The fraction of sp³-hybridized carbons (Fsp3) is 0.231. The van der Waals surface area contributed by atoms with Crippen molar-refractivity contribution in [1.29, 1.82) is 5.26 Å². The predicted octanol–water partition coefficient (Wildman–Crippen LogP) is 2.09. The normalized spacial score (nSPS) is 11.9. The molecule has 0 amide bonds. The van der Waals surface area contributed by atoms with Crippen molar-refractivity contribution in [3.63, 3.8) is 0 Å². The van der Waals surface area contributed by atoms with Crippen molar-refractivity contribution < 1.29 is 5.11 Å².